The van der Waals surface area contributed by atoms with E-state index in [-0.39, 0.29) is 35.3 Å². The fourth-order valence-electron chi connectivity index (χ4n) is 3.19. The minimum atomic E-state index is -4.06. The Morgan fingerprint density at radius 3 is 2.75 bits per heavy atom. The first-order chi connectivity index (χ1) is 13.3. The van der Waals surface area contributed by atoms with E-state index in [1.165, 1.54) is 17.5 Å². The Balaban J connectivity index is 2.10. The van der Waals surface area contributed by atoms with Gasteiger partial charge in [-0.2, -0.15) is 0 Å². The van der Waals surface area contributed by atoms with E-state index >= 15 is 0 Å². The zero-order valence-corrected chi connectivity index (χ0v) is 15.9. The van der Waals surface area contributed by atoms with Gasteiger partial charge in [-0.25, -0.2) is 17.6 Å². The van der Waals surface area contributed by atoms with Gasteiger partial charge in [-0.3, -0.25) is 9.62 Å². The second-order valence-electron chi connectivity index (χ2n) is 6.41. The predicted octanol–water partition coefficient (Wildman–Crippen LogP) is 2.25. The highest BCUT2D eigenvalue weighted by atomic mass is 32.2. The van der Waals surface area contributed by atoms with Crippen molar-refractivity contribution in [2.45, 2.75) is 11.3 Å². The number of nitrogens with zero attached hydrogens (tertiary/aromatic N) is 1. The van der Waals surface area contributed by atoms with E-state index < -0.39 is 21.9 Å². The van der Waals surface area contributed by atoms with Crippen molar-refractivity contribution in [1.82, 2.24) is 0 Å². The summed E-state index contributed by atoms with van der Waals surface area (Å²) in [4.78, 5) is 10.8. The highest BCUT2D eigenvalue weighted by Gasteiger charge is 2.33. The summed E-state index contributed by atoms with van der Waals surface area (Å²) in [5.74, 6) is -0.967. The number of anilines is 2. The molecule has 0 spiro atoms. The summed E-state index contributed by atoms with van der Waals surface area (Å²) < 4.78 is 46.4. The summed E-state index contributed by atoms with van der Waals surface area (Å²) in [5, 5.41) is 11.1. The average molecular weight is 409 g/mol. The van der Waals surface area contributed by atoms with Gasteiger partial charge in [0.05, 0.1) is 17.7 Å². The number of nitrogens with one attached hydrogen (secondary N) is 1. The van der Waals surface area contributed by atoms with Gasteiger partial charge in [-0.15, -0.1) is 0 Å². The third kappa shape index (κ3) is 3.73. The number of nitrogens with two attached hydrogens (primary N) is 1. The van der Waals surface area contributed by atoms with E-state index in [0.717, 1.165) is 23.8 Å². The fourth-order valence-corrected chi connectivity index (χ4v) is 4.78. The molecule has 0 saturated heterocycles. The van der Waals surface area contributed by atoms with Crippen LogP contribution < -0.4 is 20.1 Å². The molecule has 4 N–H and O–H groups in total. The molecule has 1 heterocycles. The van der Waals surface area contributed by atoms with Crippen LogP contribution in [0.25, 0.3) is 0 Å². The number of amides is 1. The first-order valence-corrected chi connectivity index (χ1v) is 9.89. The monoisotopic (exact) mass is 409 g/mol. The standard InChI is InChI=1S/C18H20FN3O5S/c1-27-17-8-14(4-5-15(17)19)28(25,26)22-10-11(9-20)6-12-2-3-13(7-16(12)22)21-18(23)24/h2-5,7-8,11,21H,6,9-10,20H2,1H3,(H,23,24). The molecule has 10 heteroatoms. The van der Waals surface area contributed by atoms with E-state index in [2.05, 4.69) is 5.32 Å². The van der Waals surface area contributed by atoms with Gasteiger partial charge in [0, 0.05) is 18.3 Å². The summed E-state index contributed by atoms with van der Waals surface area (Å²) in [5.41, 5.74) is 7.12. The van der Waals surface area contributed by atoms with Crippen LogP contribution in [0.15, 0.2) is 41.3 Å². The highest BCUT2D eigenvalue weighted by molar-refractivity contribution is 7.92. The third-order valence-corrected chi connectivity index (χ3v) is 6.36. The molecule has 0 saturated carbocycles. The van der Waals surface area contributed by atoms with Crippen LogP contribution >= 0.6 is 0 Å². The van der Waals surface area contributed by atoms with Gasteiger partial charge in [0.2, 0.25) is 0 Å². The number of carbonyl (C=O) groups is 1. The van der Waals surface area contributed by atoms with Gasteiger partial charge in [-0.05, 0) is 48.7 Å². The molecular formula is C18H20FN3O5S. The van der Waals surface area contributed by atoms with Crippen LogP contribution in [-0.2, 0) is 16.4 Å². The number of hydrogen-bond acceptors (Lipinski definition) is 5. The lowest BCUT2D eigenvalue weighted by Crippen LogP contribution is -2.42. The number of halogens is 1. The molecule has 150 valence electrons. The predicted molar refractivity (Wildman–Crippen MR) is 102 cm³/mol. The Morgan fingerprint density at radius 1 is 1.36 bits per heavy atom. The molecule has 1 atom stereocenters. The molecule has 2 aromatic carbocycles. The average Bonchev–Trinajstić information content (AvgIpc) is 2.66. The largest absolute Gasteiger partial charge is 0.494 e. The molecule has 1 aliphatic heterocycles. The maximum absolute atomic E-state index is 13.7. The number of fused-ring (bicyclic) bond motifs is 1. The van der Waals surface area contributed by atoms with Crippen LogP contribution in [0.4, 0.5) is 20.6 Å². The molecule has 28 heavy (non-hydrogen) atoms. The number of hydrogen-bond donors (Lipinski definition) is 3. The molecule has 2 aromatic rings. The lowest BCUT2D eigenvalue weighted by molar-refractivity contribution is 0.209. The zero-order chi connectivity index (χ0) is 20.5. The van der Waals surface area contributed by atoms with Gasteiger partial charge in [-0.1, -0.05) is 6.07 Å². The second-order valence-corrected chi connectivity index (χ2v) is 8.27. The van der Waals surface area contributed by atoms with Crippen molar-refractivity contribution in [2.75, 3.05) is 29.8 Å². The molecule has 0 aliphatic carbocycles. The minimum Gasteiger partial charge on any atom is -0.494 e. The number of sulfonamides is 1. The summed E-state index contributed by atoms with van der Waals surface area (Å²) >= 11 is 0. The van der Waals surface area contributed by atoms with Gasteiger partial charge in [0.25, 0.3) is 10.0 Å². The van der Waals surface area contributed by atoms with Crippen molar-refractivity contribution in [3.05, 3.63) is 47.8 Å². The Bertz CT molecular complexity index is 1010. The van der Waals surface area contributed by atoms with Crippen LogP contribution in [0.3, 0.4) is 0 Å². The SMILES string of the molecule is COc1cc(S(=O)(=O)N2CC(CN)Cc3ccc(NC(=O)O)cc32)ccc1F. The van der Waals surface area contributed by atoms with Crippen molar-refractivity contribution in [3.8, 4) is 5.75 Å². The van der Waals surface area contributed by atoms with Gasteiger partial charge in [0.15, 0.2) is 11.6 Å². The lowest BCUT2D eigenvalue weighted by atomic mass is 9.94. The molecule has 1 aliphatic rings. The Hall–Kier alpha value is -2.85. The van der Waals surface area contributed by atoms with Crippen molar-refractivity contribution in [2.24, 2.45) is 11.7 Å². The second kappa shape index (κ2) is 7.64. The fraction of sp³-hybridized carbons (Fsp3) is 0.278. The molecule has 0 fully saturated rings. The third-order valence-electron chi connectivity index (χ3n) is 4.58. The number of methoxy groups -OCH3 is 1. The quantitative estimate of drug-likeness (QED) is 0.696. The number of carboxylic acid groups (broad SMARTS) is 1. The van der Waals surface area contributed by atoms with Crippen LogP contribution in [0.5, 0.6) is 5.75 Å². The molecule has 1 unspecified atom stereocenters. The molecule has 3 rings (SSSR count). The Kier molecular flexibility index (Phi) is 5.43. The molecule has 1 amide bonds. The van der Waals surface area contributed by atoms with E-state index in [9.17, 15) is 17.6 Å². The summed E-state index contributed by atoms with van der Waals surface area (Å²) in [6, 6.07) is 8.02. The zero-order valence-electron chi connectivity index (χ0n) is 15.1. The number of ether oxygens (including phenoxy) is 1. The maximum Gasteiger partial charge on any atom is 0.409 e. The van der Waals surface area contributed by atoms with Crippen LogP contribution in [0, 0.1) is 11.7 Å². The molecule has 0 radical (unpaired) electrons. The van der Waals surface area contributed by atoms with Crippen LogP contribution in [-0.4, -0.2) is 39.8 Å². The molecule has 0 bridgehead atoms. The topological polar surface area (TPSA) is 122 Å². The van der Waals surface area contributed by atoms with E-state index in [1.54, 1.807) is 12.1 Å². The number of rotatable bonds is 5. The minimum absolute atomic E-state index is 0.108. The Morgan fingerprint density at radius 2 is 2.11 bits per heavy atom. The summed E-state index contributed by atoms with van der Waals surface area (Å²) in [6.07, 6.45) is -0.689. The van der Waals surface area contributed by atoms with Crippen molar-refractivity contribution >= 4 is 27.5 Å². The van der Waals surface area contributed by atoms with Crippen molar-refractivity contribution in [1.29, 1.82) is 0 Å². The van der Waals surface area contributed by atoms with Crippen molar-refractivity contribution < 1.29 is 27.4 Å². The highest BCUT2D eigenvalue weighted by Crippen LogP contribution is 2.36. The lowest BCUT2D eigenvalue weighted by Gasteiger charge is -2.35. The van der Waals surface area contributed by atoms with Gasteiger partial charge in [0.1, 0.15) is 0 Å². The molecular weight excluding hydrogens is 389 g/mol. The van der Waals surface area contributed by atoms with E-state index in [1.807, 2.05) is 0 Å². The van der Waals surface area contributed by atoms with Crippen LogP contribution in [0.1, 0.15) is 5.56 Å². The summed E-state index contributed by atoms with van der Waals surface area (Å²) in [7, 11) is -2.81. The van der Waals surface area contributed by atoms with Crippen LogP contribution in [0.2, 0.25) is 0 Å². The maximum atomic E-state index is 13.7. The van der Waals surface area contributed by atoms with E-state index in [4.69, 9.17) is 15.6 Å². The van der Waals surface area contributed by atoms with E-state index in [0.29, 0.717) is 12.1 Å². The smallest absolute Gasteiger partial charge is 0.409 e. The first-order valence-electron chi connectivity index (χ1n) is 8.45. The van der Waals surface area contributed by atoms with Gasteiger partial charge >= 0.3 is 6.09 Å². The molecule has 0 aromatic heterocycles. The summed E-state index contributed by atoms with van der Waals surface area (Å²) in [6.45, 7) is 0.412. The molecule has 8 nitrogen and oxygen atoms in total. The van der Waals surface area contributed by atoms with Gasteiger partial charge < -0.3 is 15.6 Å². The van der Waals surface area contributed by atoms with Crippen molar-refractivity contribution in [3.63, 3.8) is 0 Å². The number of benzene rings is 2. The normalized spacial score (nSPS) is 16.4. The Labute approximate surface area is 161 Å². The first kappa shape index (κ1) is 19.9.